The van der Waals surface area contributed by atoms with E-state index in [9.17, 15) is 0 Å². The predicted octanol–water partition coefficient (Wildman–Crippen LogP) is 5.88. The Kier molecular flexibility index (Phi) is 5.68. The first kappa shape index (κ1) is 17.0. The van der Waals surface area contributed by atoms with Crippen molar-refractivity contribution in [3.05, 3.63) is 66.5 Å². The minimum absolute atomic E-state index is 0.775. The summed E-state index contributed by atoms with van der Waals surface area (Å²) in [5.74, 6) is 0.775. The third-order valence-electron chi connectivity index (χ3n) is 4.30. The molecule has 0 radical (unpaired) electrons. The SMILES string of the molecule is C=Nc1ccc(-c2ccc(-c3ncc(CCCCC)cn3)cc2)cc1. The summed E-state index contributed by atoms with van der Waals surface area (Å²) in [4.78, 5) is 13.0. The minimum atomic E-state index is 0.775. The highest BCUT2D eigenvalue weighted by Crippen LogP contribution is 2.25. The van der Waals surface area contributed by atoms with Crippen molar-refractivity contribution in [3.63, 3.8) is 0 Å². The van der Waals surface area contributed by atoms with Crippen molar-refractivity contribution < 1.29 is 0 Å². The molecule has 0 N–H and O–H groups in total. The second-order valence-corrected chi connectivity index (χ2v) is 6.15. The molecule has 3 aromatic rings. The molecular formula is C22H23N3. The van der Waals surface area contributed by atoms with E-state index in [1.54, 1.807) is 0 Å². The molecule has 0 bridgehead atoms. The van der Waals surface area contributed by atoms with Gasteiger partial charge in [0, 0.05) is 18.0 Å². The van der Waals surface area contributed by atoms with Gasteiger partial charge in [-0.25, -0.2) is 9.97 Å². The molecule has 0 atom stereocenters. The Balaban J connectivity index is 1.72. The summed E-state index contributed by atoms with van der Waals surface area (Å²) in [7, 11) is 0. The van der Waals surface area contributed by atoms with Crippen molar-refractivity contribution in [3.8, 4) is 22.5 Å². The molecule has 0 amide bonds. The van der Waals surface area contributed by atoms with Gasteiger partial charge in [-0.2, -0.15) is 0 Å². The molecule has 0 aliphatic rings. The molecule has 3 nitrogen and oxygen atoms in total. The Bertz CT molecular complexity index is 803. The molecule has 0 unspecified atom stereocenters. The fourth-order valence-electron chi connectivity index (χ4n) is 2.78. The Labute approximate surface area is 149 Å². The zero-order valence-corrected chi connectivity index (χ0v) is 14.7. The van der Waals surface area contributed by atoms with Gasteiger partial charge in [0.1, 0.15) is 0 Å². The Morgan fingerprint density at radius 2 is 1.36 bits per heavy atom. The average Bonchev–Trinajstić information content (AvgIpc) is 2.69. The standard InChI is InChI=1S/C22H23N3/c1-3-4-5-6-17-15-24-22(25-16-17)20-9-7-18(8-10-20)19-11-13-21(23-2)14-12-19/h7-16H,2-6H2,1H3. The molecule has 0 saturated heterocycles. The number of aryl methyl sites for hydroxylation is 1. The molecule has 2 aromatic carbocycles. The predicted molar refractivity (Wildman–Crippen MR) is 105 cm³/mol. The van der Waals surface area contributed by atoms with E-state index >= 15 is 0 Å². The maximum absolute atomic E-state index is 4.52. The van der Waals surface area contributed by atoms with Gasteiger partial charge in [-0.3, -0.25) is 4.99 Å². The second-order valence-electron chi connectivity index (χ2n) is 6.15. The van der Waals surface area contributed by atoms with Crippen LogP contribution in [0.25, 0.3) is 22.5 Å². The van der Waals surface area contributed by atoms with Crippen LogP contribution in [-0.2, 0) is 6.42 Å². The van der Waals surface area contributed by atoms with E-state index in [4.69, 9.17) is 0 Å². The van der Waals surface area contributed by atoms with Gasteiger partial charge in [0.2, 0.25) is 0 Å². The van der Waals surface area contributed by atoms with E-state index in [1.165, 1.54) is 24.8 Å². The monoisotopic (exact) mass is 329 g/mol. The zero-order chi connectivity index (χ0) is 17.5. The summed E-state index contributed by atoms with van der Waals surface area (Å²) in [5.41, 5.74) is 5.45. The largest absolute Gasteiger partial charge is 0.265 e. The number of hydrogen-bond acceptors (Lipinski definition) is 3. The second kappa shape index (κ2) is 8.34. The highest BCUT2D eigenvalue weighted by atomic mass is 14.9. The van der Waals surface area contributed by atoms with Gasteiger partial charge >= 0.3 is 0 Å². The topological polar surface area (TPSA) is 38.1 Å². The van der Waals surface area contributed by atoms with E-state index in [1.807, 2.05) is 24.5 Å². The third kappa shape index (κ3) is 4.38. The summed E-state index contributed by atoms with van der Waals surface area (Å²) in [6.45, 7) is 5.76. The Morgan fingerprint density at radius 1 is 0.800 bits per heavy atom. The maximum atomic E-state index is 4.52. The third-order valence-corrected chi connectivity index (χ3v) is 4.30. The van der Waals surface area contributed by atoms with Crippen molar-refractivity contribution in [1.82, 2.24) is 9.97 Å². The first-order valence-electron chi connectivity index (χ1n) is 8.78. The number of unbranched alkanes of at least 4 members (excludes halogenated alkanes) is 2. The summed E-state index contributed by atoms with van der Waals surface area (Å²) in [5, 5.41) is 0. The highest BCUT2D eigenvalue weighted by molar-refractivity contribution is 5.69. The number of nitrogens with zero attached hydrogens (tertiary/aromatic N) is 3. The van der Waals surface area contributed by atoms with Gasteiger partial charge in [0.05, 0.1) is 5.69 Å². The zero-order valence-electron chi connectivity index (χ0n) is 14.7. The smallest absolute Gasteiger partial charge is 0.159 e. The van der Waals surface area contributed by atoms with E-state index in [0.29, 0.717) is 0 Å². The summed E-state index contributed by atoms with van der Waals surface area (Å²) in [6.07, 6.45) is 8.65. The number of hydrogen-bond donors (Lipinski definition) is 0. The van der Waals surface area contributed by atoms with Crippen LogP contribution in [0.15, 0.2) is 65.9 Å². The molecule has 0 aliphatic carbocycles. The molecule has 1 heterocycles. The van der Waals surface area contributed by atoms with Gasteiger partial charge in [0.25, 0.3) is 0 Å². The molecular weight excluding hydrogens is 306 g/mol. The molecule has 0 spiro atoms. The van der Waals surface area contributed by atoms with Crippen LogP contribution in [0.4, 0.5) is 5.69 Å². The average molecular weight is 329 g/mol. The number of aliphatic imine (C=N–C) groups is 1. The van der Waals surface area contributed by atoms with E-state index < -0.39 is 0 Å². The van der Waals surface area contributed by atoms with Crippen LogP contribution < -0.4 is 0 Å². The highest BCUT2D eigenvalue weighted by Gasteiger charge is 2.03. The Hall–Kier alpha value is -2.81. The van der Waals surface area contributed by atoms with Gasteiger partial charge in [-0.1, -0.05) is 56.2 Å². The summed E-state index contributed by atoms with van der Waals surface area (Å²) < 4.78 is 0. The fourth-order valence-corrected chi connectivity index (χ4v) is 2.78. The van der Waals surface area contributed by atoms with Crippen LogP contribution in [-0.4, -0.2) is 16.7 Å². The van der Waals surface area contributed by atoms with Gasteiger partial charge in [-0.05, 0) is 48.4 Å². The molecule has 126 valence electrons. The number of aromatic nitrogens is 2. The van der Waals surface area contributed by atoms with Gasteiger partial charge < -0.3 is 0 Å². The van der Waals surface area contributed by atoms with Crippen molar-refractivity contribution >= 4 is 12.4 Å². The lowest BCUT2D eigenvalue weighted by Crippen LogP contribution is -1.93. The minimum Gasteiger partial charge on any atom is -0.265 e. The molecule has 3 heteroatoms. The molecule has 25 heavy (non-hydrogen) atoms. The normalized spacial score (nSPS) is 10.6. The van der Waals surface area contributed by atoms with Crippen molar-refractivity contribution in [2.45, 2.75) is 32.6 Å². The van der Waals surface area contributed by atoms with Crippen LogP contribution in [0, 0.1) is 0 Å². The van der Waals surface area contributed by atoms with Crippen LogP contribution in [0.2, 0.25) is 0 Å². The first-order valence-corrected chi connectivity index (χ1v) is 8.78. The quantitative estimate of drug-likeness (QED) is 0.401. The van der Waals surface area contributed by atoms with Gasteiger partial charge in [0.15, 0.2) is 5.82 Å². The lowest BCUT2D eigenvalue weighted by molar-refractivity contribution is 0.714. The van der Waals surface area contributed by atoms with Crippen LogP contribution in [0.3, 0.4) is 0 Å². The van der Waals surface area contributed by atoms with E-state index in [2.05, 4.69) is 65.0 Å². The van der Waals surface area contributed by atoms with Crippen molar-refractivity contribution in [2.75, 3.05) is 0 Å². The van der Waals surface area contributed by atoms with Crippen molar-refractivity contribution in [2.24, 2.45) is 4.99 Å². The fraction of sp³-hybridized carbons (Fsp3) is 0.227. The lowest BCUT2D eigenvalue weighted by Gasteiger charge is -2.05. The van der Waals surface area contributed by atoms with Crippen LogP contribution >= 0.6 is 0 Å². The molecule has 0 aliphatic heterocycles. The van der Waals surface area contributed by atoms with Crippen LogP contribution in [0.1, 0.15) is 31.7 Å². The van der Waals surface area contributed by atoms with Crippen LogP contribution in [0.5, 0.6) is 0 Å². The molecule has 0 saturated carbocycles. The Morgan fingerprint density at radius 3 is 1.92 bits per heavy atom. The van der Waals surface area contributed by atoms with Crippen molar-refractivity contribution in [1.29, 1.82) is 0 Å². The first-order chi connectivity index (χ1) is 12.3. The number of benzene rings is 2. The summed E-state index contributed by atoms with van der Waals surface area (Å²) >= 11 is 0. The lowest BCUT2D eigenvalue weighted by atomic mass is 10.0. The molecule has 0 fully saturated rings. The van der Waals surface area contributed by atoms with E-state index in [-0.39, 0.29) is 0 Å². The summed E-state index contributed by atoms with van der Waals surface area (Å²) in [6, 6.07) is 16.4. The molecule has 1 aromatic heterocycles. The molecule has 3 rings (SSSR count). The van der Waals surface area contributed by atoms with Gasteiger partial charge in [-0.15, -0.1) is 0 Å². The maximum Gasteiger partial charge on any atom is 0.159 e. The number of rotatable bonds is 7. The van der Waals surface area contributed by atoms with E-state index in [0.717, 1.165) is 34.6 Å².